The highest BCUT2D eigenvalue weighted by Gasteiger charge is 2.15. The minimum absolute atomic E-state index is 0.00566. The van der Waals surface area contributed by atoms with Crippen LogP contribution in [-0.2, 0) is 17.6 Å². The summed E-state index contributed by atoms with van der Waals surface area (Å²) in [6.45, 7) is 0. The number of aromatic hydroxyl groups is 1. The Morgan fingerprint density at radius 3 is 3.00 bits per heavy atom. The van der Waals surface area contributed by atoms with Crippen LogP contribution in [0.15, 0.2) is 30.7 Å². The third-order valence-corrected chi connectivity index (χ3v) is 3.65. The molecule has 0 aliphatic carbocycles. The van der Waals surface area contributed by atoms with Crippen LogP contribution >= 0.6 is 11.6 Å². The van der Waals surface area contributed by atoms with Crippen LogP contribution in [-0.4, -0.2) is 26.9 Å². The smallest absolute Gasteiger partial charge is 0.149 e. The van der Waals surface area contributed by atoms with E-state index in [-0.39, 0.29) is 11.5 Å². The number of nitrogens with zero attached hydrogens (tertiary/aromatic N) is 1. The number of aryl methyl sites for hydroxylation is 1. The zero-order valence-electron chi connectivity index (χ0n) is 11.6. The van der Waals surface area contributed by atoms with E-state index < -0.39 is 6.04 Å². The summed E-state index contributed by atoms with van der Waals surface area (Å²) in [5.41, 5.74) is 7.47. The number of phenolic OH excluding ortho intramolecular Hbond substituents is 1. The molecule has 2 rings (SSSR count). The zero-order valence-corrected chi connectivity index (χ0v) is 12.3. The number of hydrogen-bond donors (Lipinski definition) is 3. The quantitative estimate of drug-likeness (QED) is 0.731. The van der Waals surface area contributed by atoms with E-state index in [0.717, 1.165) is 11.3 Å². The summed E-state index contributed by atoms with van der Waals surface area (Å²) in [4.78, 5) is 18.8. The lowest BCUT2D eigenvalue weighted by Gasteiger charge is -2.10. The molecular weight excluding hydrogens is 290 g/mol. The first-order valence-corrected chi connectivity index (χ1v) is 7.17. The van der Waals surface area contributed by atoms with Gasteiger partial charge in [0.05, 0.1) is 17.4 Å². The fourth-order valence-corrected chi connectivity index (χ4v) is 2.34. The maximum Gasteiger partial charge on any atom is 0.149 e. The van der Waals surface area contributed by atoms with Gasteiger partial charge in [-0.15, -0.1) is 0 Å². The predicted octanol–water partition coefficient (Wildman–Crippen LogP) is 2.23. The van der Waals surface area contributed by atoms with Gasteiger partial charge in [-0.05, 0) is 24.5 Å². The lowest BCUT2D eigenvalue weighted by molar-refractivity contribution is -0.120. The number of phenols is 1. The minimum atomic E-state index is -0.529. The van der Waals surface area contributed by atoms with Crippen molar-refractivity contribution < 1.29 is 9.90 Å². The second-order valence-electron chi connectivity index (χ2n) is 4.95. The number of halogens is 1. The maximum absolute atomic E-state index is 12.0. The van der Waals surface area contributed by atoms with Crippen molar-refractivity contribution in [2.45, 2.75) is 31.7 Å². The van der Waals surface area contributed by atoms with E-state index in [1.807, 2.05) is 0 Å². The lowest BCUT2D eigenvalue weighted by Crippen LogP contribution is -2.32. The van der Waals surface area contributed by atoms with Gasteiger partial charge in [-0.3, -0.25) is 4.79 Å². The summed E-state index contributed by atoms with van der Waals surface area (Å²) >= 11 is 5.84. The summed E-state index contributed by atoms with van der Waals surface area (Å²) in [6.07, 6.45) is 5.28. The Labute approximate surface area is 128 Å². The molecule has 0 aliphatic heterocycles. The Morgan fingerprint density at radius 1 is 1.48 bits per heavy atom. The third-order valence-electron chi connectivity index (χ3n) is 3.35. The van der Waals surface area contributed by atoms with Crippen molar-refractivity contribution in [1.29, 1.82) is 0 Å². The molecule has 5 nitrogen and oxygen atoms in total. The number of imidazole rings is 1. The van der Waals surface area contributed by atoms with Gasteiger partial charge in [-0.1, -0.05) is 23.7 Å². The van der Waals surface area contributed by atoms with Crippen LogP contribution in [0.5, 0.6) is 5.75 Å². The number of nitrogens with two attached hydrogens (primary N) is 1. The van der Waals surface area contributed by atoms with E-state index in [2.05, 4.69) is 9.97 Å². The molecule has 1 heterocycles. The summed E-state index contributed by atoms with van der Waals surface area (Å²) in [7, 11) is 0. The van der Waals surface area contributed by atoms with Crippen LogP contribution in [0.4, 0.5) is 0 Å². The number of benzene rings is 1. The van der Waals surface area contributed by atoms with Gasteiger partial charge < -0.3 is 15.8 Å². The fourth-order valence-electron chi connectivity index (χ4n) is 2.15. The number of Topliss-reactive ketones (excluding diaryl/α,β-unsaturated/α-hetero) is 1. The number of carbonyl (C=O) groups is 1. The van der Waals surface area contributed by atoms with Gasteiger partial charge in [0.1, 0.15) is 11.5 Å². The van der Waals surface area contributed by atoms with Crippen LogP contribution < -0.4 is 5.73 Å². The highest BCUT2D eigenvalue weighted by atomic mass is 35.5. The second-order valence-corrected chi connectivity index (χ2v) is 5.36. The summed E-state index contributed by atoms with van der Waals surface area (Å²) in [5, 5.41) is 10.1. The summed E-state index contributed by atoms with van der Waals surface area (Å²) in [5.74, 6) is 0.0968. The van der Waals surface area contributed by atoms with Crippen molar-refractivity contribution in [1.82, 2.24) is 9.97 Å². The molecule has 4 N–H and O–H groups in total. The van der Waals surface area contributed by atoms with E-state index in [9.17, 15) is 9.90 Å². The molecule has 2 aromatic rings. The Balaban J connectivity index is 1.80. The monoisotopic (exact) mass is 307 g/mol. The SMILES string of the molecule is N[C@@H](Cc1cnc[nH]1)C(=O)CCCc1cccc(Cl)c1O. The topological polar surface area (TPSA) is 92.0 Å². The zero-order chi connectivity index (χ0) is 15.2. The van der Waals surface area contributed by atoms with Crippen LogP contribution in [0.1, 0.15) is 24.1 Å². The molecule has 1 aromatic carbocycles. The number of aromatic nitrogens is 2. The number of para-hydroxylation sites is 1. The van der Waals surface area contributed by atoms with Crippen LogP contribution in [0.25, 0.3) is 0 Å². The van der Waals surface area contributed by atoms with E-state index >= 15 is 0 Å². The van der Waals surface area contributed by atoms with Crippen LogP contribution in [0, 0.1) is 0 Å². The number of rotatable bonds is 7. The third kappa shape index (κ3) is 4.31. The van der Waals surface area contributed by atoms with Gasteiger partial charge in [0.25, 0.3) is 0 Å². The van der Waals surface area contributed by atoms with Crippen molar-refractivity contribution in [3.05, 3.63) is 47.0 Å². The molecule has 0 radical (unpaired) electrons. The molecule has 0 spiro atoms. The van der Waals surface area contributed by atoms with E-state index in [4.69, 9.17) is 17.3 Å². The van der Waals surface area contributed by atoms with Gasteiger partial charge in [0, 0.05) is 24.7 Å². The predicted molar refractivity (Wildman–Crippen MR) is 81.3 cm³/mol. The number of H-pyrrole nitrogens is 1. The number of hydrogen-bond acceptors (Lipinski definition) is 4. The van der Waals surface area contributed by atoms with Crippen molar-refractivity contribution in [3.8, 4) is 5.75 Å². The van der Waals surface area contributed by atoms with E-state index in [0.29, 0.717) is 30.7 Å². The number of ketones is 1. The molecule has 0 fully saturated rings. The Kier molecular flexibility index (Phi) is 5.36. The first-order chi connectivity index (χ1) is 10.1. The van der Waals surface area contributed by atoms with Crippen molar-refractivity contribution >= 4 is 17.4 Å². The van der Waals surface area contributed by atoms with Crippen molar-refractivity contribution in [2.24, 2.45) is 5.73 Å². The first kappa shape index (κ1) is 15.5. The molecule has 0 unspecified atom stereocenters. The second kappa shape index (κ2) is 7.24. The molecule has 0 saturated heterocycles. The molecule has 6 heteroatoms. The first-order valence-electron chi connectivity index (χ1n) is 6.80. The van der Waals surface area contributed by atoms with E-state index in [1.165, 1.54) is 0 Å². The van der Waals surface area contributed by atoms with Gasteiger partial charge in [0.2, 0.25) is 0 Å². The fraction of sp³-hybridized carbons (Fsp3) is 0.333. The van der Waals surface area contributed by atoms with Gasteiger partial charge in [-0.2, -0.15) is 0 Å². The minimum Gasteiger partial charge on any atom is -0.506 e. The highest BCUT2D eigenvalue weighted by Crippen LogP contribution is 2.28. The molecular formula is C15H18ClN3O2. The number of nitrogens with one attached hydrogen (secondary N) is 1. The molecule has 0 amide bonds. The van der Waals surface area contributed by atoms with Crippen LogP contribution in [0.3, 0.4) is 0 Å². The molecule has 0 aliphatic rings. The standard InChI is InChI=1S/C15H18ClN3O2/c16-12-5-1-3-10(15(12)21)4-2-6-14(20)13(17)7-11-8-18-9-19-11/h1,3,5,8-9,13,21H,2,4,6-7,17H2,(H,18,19)/t13-/m0/s1. The molecule has 112 valence electrons. The maximum atomic E-state index is 12.0. The molecule has 1 atom stereocenters. The van der Waals surface area contributed by atoms with Crippen molar-refractivity contribution in [3.63, 3.8) is 0 Å². The number of carbonyl (C=O) groups excluding carboxylic acids is 1. The van der Waals surface area contributed by atoms with Gasteiger partial charge in [0.15, 0.2) is 0 Å². The Bertz CT molecular complexity index is 599. The van der Waals surface area contributed by atoms with Crippen LogP contribution in [0.2, 0.25) is 5.02 Å². The highest BCUT2D eigenvalue weighted by molar-refractivity contribution is 6.32. The molecule has 0 bridgehead atoms. The summed E-state index contributed by atoms with van der Waals surface area (Å²) in [6, 6.07) is 4.68. The normalized spacial score (nSPS) is 12.3. The van der Waals surface area contributed by atoms with E-state index in [1.54, 1.807) is 30.7 Å². The number of aromatic amines is 1. The van der Waals surface area contributed by atoms with Gasteiger partial charge in [-0.25, -0.2) is 4.98 Å². The molecule has 0 saturated carbocycles. The average Bonchev–Trinajstić information content (AvgIpc) is 2.96. The lowest BCUT2D eigenvalue weighted by atomic mass is 10.0. The Hall–Kier alpha value is -1.85. The molecule has 1 aromatic heterocycles. The van der Waals surface area contributed by atoms with Gasteiger partial charge >= 0.3 is 0 Å². The Morgan fingerprint density at radius 2 is 2.29 bits per heavy atom. The molecule has 21 heavy (non-hydrogen) atoms. The average molecular weight is 308 g/mol. The van der Waals surface area contributed by atoms with Crippen molar-refractivity contribution in [2.75, 3.05) is 0 Å². The largest absolute Gasteiger partial charge is 0.506 e. The summed E-state index contributed by atoms with van der Waals surface area (Å²) < 4.78 is 0.